The molecule has 1 aromatic heterocycles. The molecule has 0 aliphatic carbocycles. The number of benzene rings is 1. The molecule has 0 radical (unpaired) electrons. The Bertz CT molecular complexity index is 727. The molecular weight excluding hydrogens is 358 g/mol. The molecule has 1 aromatic carbocycles. The van der Waals surface area contributed by atoms with E-state index in [1.807, 2.05) is 55.9 Å². The zero-order chi connectivity index (χ0) is 19.9. The van der Waals surface area contributed by atoms with E-state index in [-0.39, 0.29) is 17.2 Å². The predicted molar refractivity (Wildman–Crippen MR) is 111 cm³/mol. The first-order chi connectivity index (χ1) is 12.8. The summed E-state index contributed by atoms with van der Waals surface area (Å²) in [6, 6.07) is 12.7. The molecule has 2 amide bonds. The number of nitrogens with one attached hydrogen (secondary N) is 2. The predicted octanol–water partition coefficient (Wildman–Crippen LogP) is 2.79. The van der Waals surface area contributed by atoms with Gasteiger partial charge in [0.1, 0.15) is 6.04 Å². The molecular formula is C21H29N3O2S. The van der Waals surface area contributed by atoms with Crippen LogP contribution in [0.25, 0.3) is 0 Å². The summed E-state index contributed by atoms with van der Waals surface area (Å²) < 4.78 is 0. The summed E-state index contributed by atoms with van der Waals surface area (Å²) in [5, 5.41) is 7.77. The number of hydrogen-bond donors (Lipinski definition) is 2. The van der Waals surface area contributed by atoms with Gasteiger partial charge in [0.15, 0.2) is 0 Å². The maximum atomic E-state index is 12.8. The van der Waals surface area contributed by atoms with E-state index in [9.17, 15) is 9.59 Å². The van der Waals surface area contributed by atoms with E-state index in [1.165, 1.54) is 11.3 Å². The molecule has 5 nitrogen and oxygen atoms in total. The average Bonchev–Trinajstić information content (AvgIpc) is 3.14. The van der Waals surface area contributed by atoms with Gasteiger partial charge in [0.05, 0.1) is 4.88 Å². The number of carbonyl (C=O) groups is 2. The molecule has 0 spiro atoms. The zero-order valence-corrected chi connectivity index (χ0v) is 17.3. The van der Waals surface area contributed by atoms with Gasteiger partial charge in [-0.2, -0.15) is 0 Å². The van der Waals surface area contributed by atoms with Crippen LogP contribution in [0.1, 0.15) is 29.1 Å². The minimum atomic E-state index is -0.614. The fourth-order valence-corrected chi connectivity index (χ4v) is 3.68. The number of nitrogens with zero attached hydrogens (tertiary/aromatic N) is 1. The molecule has 0 aliphatic heterocycles. The Morgan fingerprint density at radius 3 is 2.41 bits per heavy atom. The third-order valence-corrected chi connectivity index (χ3v) is 5.00. The van der Waals surface area contributed by atoms with Crippen LogP contribution < -0.4 is 10.6 Å². The van der Waals surface area contributed by atoms with Crippen LogP contribution in [-0.4, -0.2) is 49.9 Å². The second-order valence-corrected chi connectivity index (χ2v) is 8.76. The highest BCUT2D eigenvalue weighted by molar-refractivity contribution is 7.12. The summed E-state index contributed by atoms with van der Waals surface area (Å²) >= 11 is 1.37. The standard InChI is InChI=1S/C21H29N3O2S/c1-21(2,15-24(3)4)14-22-19(25)17(13-16-9-6-5-7-10-16)23-20(26)18-11-8-12-27-18/h5-12,17H,13-15H2,1-4H3,(H,22,25)(H,23,26). The molecule has 6 heteroatoms. The van der Waals surface area contributed by atoms with Crippen molar-refractivity contribution in [2.24, 2.45) is 5.41 Å². The maximum absolute atomic E-state index is 12.8. The van der Waals surface area contributed by atoms with Gasteiger partial charge >= 0.3 is 0 Å². The van der Waals surface area contributed by atoms with Crippen molar-refractivity contribution in [2.45, 2.75) is 26.3 Å². The third-order valence-electron chi connectivity index (χ3n) is 4.13. The monoisotopic (exact) mass is 387 g/mol. The van der Waals surface area contributed by atoms with E-state index in [2.05, 4.69) is 29.4 Å². The van der Waals surface area contributed by atoms with Gasteiger partial charge in [-0.3, -0.25) is 9.59 Å². The second kappa shape index (κ2) is 9.67. The van der Waals surface area contributed by atoms with Crippen LogP contribution in [0.5, 0.6) is 0 Å². The summed E-state index contributed by atoms with van der Waals surface area (Å²) in [5.41, 5.74) is 0.950. The molecule has 1 atom stereocenters. The van der Waals surface area contributed by atoms with Gasteiger partial charge in [0.25, 0.3) is 5.91 Å². The summed E-state index contributed by atoms with van der Waals surface area (Å²) in [7, 11) is 4.03. The fraction of sp³-hybridized carbons (Fsp3) is 0.429. The lowest BCUT2D eigenvalue weighted by molar-refractivity contribution is -0.123. The Labute approximate surface area is 165 Å². The van der Waals surface area contributed by atoms with Crippen LogP contribution in [0, 0.1) is 5.41 Å². The molecule has 0 saturated carbocycles. The number of rotatable bonds is 9. The summed E-state index contributed by atoms with van der Waals surface area (Å²) in [6.45, 7) is 5.63. The van der Waals surface area contributed by atoms with Gasteiger partial charge in [-0.05, 0) is 36.5 Å². The van der Waals surface area contributed by atoms with Gasteiger partial charge in [-0.25, -0.2) is 0 Å². The van der Waals surface area contributed by atoms with Crippen LogP contribution in [0.15, 0.2) is 47.8 Å². The Balaban J connectivity index is 2.06. The third kappa shape index (κ3) is 7.15. The molecule has 146 valence electrons. The fourth-order valence-electron chi connectivity index (χ4n) is 3.06. The summed E-state index contributed by atoms with van der Waals surface area (Å²) in [4.78, 5) is 28.0. The first-order valence-electron chi connectivity index (χ1n) is 9.07. The Kier molecular flexibility index (Phi) is 7.56. The van der Waals surface area contributed by atoms with E-state index < -0.39 is 6.04 Å². The largest absolute Gasteiger partial charge is 0.354 e. The van der Waals surface area contributed by atoms with Crippen molar-refractivity contribution in [3.63, 3.8) is 0 Å². The quantitative estimate of drug-likeness (QED) is 0.696. The normalized spacial score (nSPS) is 12.6. The molecule has 2 N–H and O–H groups in total. The van der Waals surface area contributed by atoms with Crippen LogP contribution in [-0.2, 0) is 11.2 Å². The van der Waals surface area contributed by atoms with Crippen molar-refractivity contribution in [3.8, 4) is 0 Å². The minimum Gasteiger partial charge on any atom is -0.354 e. The molecule has 0 saturated heterocycles. The van der Waals surface area contributed by atoms with Crippen LogP contribution in [0.2, 0.25) is 0 Å². The molecule has 27 heavy (non-hydrogen) atoms. The van der Waals surface area contributed by atoms with E-state index >= 15 is 0 Å². The average molecular weight is 388 g/mol. The topological polar surface area (TPSA) is 61.4 Å². The number of hydrogen-bond acceptors (Lipinski definition) is 4. The lowest BCUT2D eigenvalue weighted by atomic mass is 9.92. The summed E-state index contributed by atoms with van der Waals surface area (Å²) in [6.07, 6.45) is 0.456. The van der Waals surface area contributed by atoms with E-state index in [1.54, 1.807) is 6.07 Å². The highest BCUT2D eigenvalue weighted by Gasteiger charge is 2.25. The highest BCUT2D eigenvalue weighted by Crippen LogP contribution is 2.15. The van der Waals surface area contributed by atoms with Gasteiger partial charge in [0, 0.05) is 19.5 Å². The lowest BCUT2D eigenvalue weighted by Gasteiger charge is -2.29. The molecule has 1 heterocycles. The number of carbonyl (C=O) groups excluding carboxylic acids is 2. The first kappa shape index (κ1) is 21.1. The first-order valence-corrected chi connectivity index (χ1v) is 9.95. The second-order valence-electron chi connectivity index (χ2n) is 7.81. The molecule has 1 unspecified atom stereocenters. The van der Waals surface area contributed by atoms with Crippen molar-refractivity contribution >= 4 is 23.2 Å². The van der Waals surface area contributed by atoms with E-state index in [0.717, 1.165) is 12.1 Å². The van der Waals surface area contributed by atoms with Crippen molar-refractivity contribution in [3.05, 3.63) is 58.3 Å². The van der Waals surface area contributed by atoms with Crippen molar-refractivity contribution in [1.82, 2.24) is 15.5 Å². The van der Waals surface area contributed by atoms with E-state index in [0.29, 0.717) is 17.8 Å². The van der Waals surface area contributed by atoms with Gasteiger partial charge in [0.2, 0.25) is 5.91 Å². The SMILES string of the molecule is CN(C)CC(C)(C)CNC(=O)C(Cc1ccccc1)NC(=O)c1cccs1. The molecule has 0 aliphatic rings. The van der Waals surface area contributed by atoms with Crippen LogP contribution in [0.3, 0.4) is 0 Å². The van der Waals surface area contributed by atoms with Gasteiger partial charge in [-0.1, -0.05) is 50.2 Å². The lowest BCUT2D eigenvalue weighted by Crippen LogP contribution is -2.50. The number of amides is 2. The van der Waals surface area contributed by atoms with Crippen LogP contribution in [0.4, 0.5) is 0 Å². The van der Waals surface area contributed by atoms with Crippen LogP contribution >= 0.6 is 11.3 Å². The Morgan fingerprint density at radius 2 is 1.81 bits per heavy atom. The van der Waals surface area contributed by atoms with E-state index in [4.69, 9.17) is 0 Å². The molecule has 2 aromatic rings. The Hall–Kier alpha value is -2.18. The minimum absolute atomic E-state index is 0.0613. The Morgan fingerprint density at radius 1 is 1.11 bits per heavy atom. The molecule has 0 fully saturated rings. The molecule has 0 bridgehead atoms. The van der Waals surface area contributed by atoms with Crippen molar-refractivity contribution < 1.29 is 9.59 Å². The zero-order valence-electron chi connectivity index (χ0n) is 16.5. The van der Waals surface area contributed by atoms with Gasteiger partial charge in [-0.15, -0.1) is 11.3 Å². The highest BCUT2D eigenvalue weighted by atomic mass is 32.1. The molecule has 2 rings (SSSR count). The summed E-state index contributed by atoms with van der Waals surface area (Å²) in [5.74, 6) is -0.371. The smallest absolute Gasteiger partial charge is 0.262 e. The number of thiophene rings is 1. The maximum Gasteiger partial charge on any atom is 0.262 e. The van der Waals surface area contributed by atoms with Crippen molar-refractivity contribution in [2.75, 3.05) is 27.2 Å². The van der Waals surface area contributed by atoms with Gasteiger partial charge < -0.3 is 15.5 Å². The van der Waals surface area contributed by atoms with Crippen molar-refractivity contribution in [1.29, 1.82) is 0 Å².